The van der Waals surface area contributed by atoms with Gasteiger partial charge in [-0.05, 0) is 60.6 Å². The molecule has 3 aromatic rings. The van der Waals surface area contributed by atoms with E-state index in [4.69, 9.17) is 4.42 Å². The van der Waals surface area contributed by atoms with Gasteiger partial charge in [0.05, 0.1) is 11.8 Å². The van der Waals surface area contributed by atoms with Gasteiger partial charge < -0.3 is 9.73 Å². The summed E-state index contributed by atoms with van der Waals surface area (Å²) in [5.41, 5.74) is 0.650. The summed E-state index contributed by atoms with van der Waals surface area (Å²) in [4.78, 5) is 15.4. The Morgan fingerprint density at radius 3 is 2.45 bits per heavy atom. The van der Waals surface area contributed by atoms with E-state index in [0.717, 1.165) is 23.7 Å². The number of benzene rings is 2. The molecule has 162 valence electrons. The molecule has 1 fully saturated rings. The molecule has 1 saturated carbocycles. The number of hydrogen-bond acceptors (Lipinski definition) is 5. The quantitative estimate of drug-likeness (QED) is 0.420. The van der Waals surface area contributed by atoms with Crippen LogP contribution in [0.15, 0.2) is 70.7 Å². The molecule has 0 bridgehead atoms. The molecule has 31 heavy (non-hydrogen) atoms. The number of rotatable bonds is 8. The van der Waals surface area contributed by atoms with Crippen molar-refractivity contribution in [1.29, 1.82) is 0 Å². The van der Waals surface area contributed by atoms with Gasteiger partial charge in [-0.15, -0.1) is 0 Å². The van der Waals surface area contributed by atoms with Crippen LogP contribution in [0.4, 0.5) is 18.9 Å². The van der Waals surface area contributed by atoms with E-state index in [1.54, 1.807) is 18.3 Å². The maximum Gasteiger partial charge on any atom is 0.416 e. The molecule has 1 aliphatic rings. The van der Waals surface area contributed by atoms with Gasteiger partial charge >= 0.3 is 6.18 Å². The van der Waals surface area contributed by atoms with Crippen LogP contribution in [0.25, 0.3) is 11.3 Å². The molecule has 0 saturated heterocycles. The lowest BCUT2D eigenvalue weighted by atomic mass is 9.60. The molecule has 1 aliphatic carbocycles. The van der Waals surface area contributed by atoms with Crippen molar-refractivity contribution in [1.82, 2.24) is 4.98 Å². The first-order chi connectivity index (χ1) is 14.9. The van der Waals surface area contributed by atoms with Crippen molar-refractivity contribution in [2.24, 2.45) is 5.18 Å². The van der Waals surface area contributed by atoms with Gasteiger partial charge in [-0.1, -0.05) is 29.8 Å². The van der Waals surface area contributed by atoms with Crippen molar-refractivity contribution >= 4 is 5.69 Å². The van der Waals surface area contributed by atoms with Crippen molar-refractivity contribution in [2.75, 3.05) is 11.9 Å². The summed E-state index contributed by atoms with van der Waals surface area (Å²) in [7, 11) is 0. The van der Waals surface area contributed by atoms with Crippen LogP contribution in [0.3, 0.4) is 0 Å². The highest BCUT2D eigenvalue weighted by molar-refractivity contribution is 5.60. The van der Waals surface area contributed by atoms with Crippen molar-refractivity contribution in [3.05, 3.63) is 77.2 Å². The maximum absolute atomic E-state index is 13.6. The van der Waals surface area contributed by atoms with Crippen molar-refractivity contribution in [3.8, 4) is 11.3 Å². The topological polar surface area (TPSA) is 67.5 Å². The maximum atomic E-state index is 13.6. The fourth-order valence-corrected chi connectivity index (χ4v) is 4.32. The first kappa shape index (κ1) is 21.1. The van der Waals surface area contributed by atoms with E-state index in [2.05, 4.69) is 15.5 Å². The highest BCUT2D eigenvalue weighted by Gasteiger charge is 2.46. The smallest absolute Gasteiger partial charge is 0.416 e. The molecule has 1 N–H and O–H groups in total. The highest BCUT2D eigenvalue weighted by Crippen LogP contribution is 2.51. The number of hydrogen-bond donors (Lipinski definition) is 1. The van der Waals surface area contributed by atoms with Crippen LogP contribution in [0, 0.1) is 4.91 Å². The first-order valence-electron chi connectivity index (χ1n) is 10.1. The van der Waals surface area contributed by atoms with Gasteiger partial charge in [0.1, 0.15) is 6.04 Å². The third-order valence-electron chi connectivity index (χ3n) is 6.03. The molecule has 0 aliphatic heterocycles. The highest BCUT2D eigenvalue weighted by atomic mass is 19.4. The molecule has 0 amide bonds. The number of nitroso groups, excluding NO2 is 1. The van der Waals surface area contributed by atoms with Crippen LogP contribution in [-0.2, 0) is 11.6 Å². The molecule has 2 aromatic carbocycles. The minimum Gasteiger partial charge on any atom is -0.444 e. The fourth-order valence-electron chi connectivity index (χ4n) is 4.32. The molecule has 1 unspecified atom stereocenters. The molecule has 0 radical (unpaired) electrons. The Kier molecular flexibility index (Phi) is 5.80. The largest absolute Gasteiger partial charge is 0.444 e. The number of nitrogens with one attached hydrogen (secondary N) is 1. The third kappa shape index (κ3) is 4.47. The van der Waals surface area contributed by atoms with Crippen LogP contribution in [0.2, 0.25) is 0 Å². The summed E-state index contributed by atoms with van der Waals surface area (Å²) < 4.78 is 45.9. The molecule has 1 aromatic heterocycles. The van der Waals surface area contributed by atoms with Crippen molar-refractivity contribution < 1.29 is 17.6 Å². The van der Waals surface area contributed by atoms with E-state index in [0.29, 0.717) is 18.6 Å². The van der Waals surface area contributed by atoms with Gasteiger partial charge in [0.25, 0.3) is 0 Å². The van der Waals surface area contributed by atoms with E-state index >= 15 is 0 Å². The Bertz CT molecular complexity index is 1010. The minimum absolute atomic E-state index is 0.251. The monoisotopic (exact) mass is 429 g/mol. The Labute approximate surface area is 177 Å². The van der Waals surface area contributed by atoms with Gasteiger partial charge in [0.15, 0.2) is 12.2 Å². The van der Waals surface area contributed by atoms with Crippen LogP contribution < -0.4 is 5.32 Å². The van der Waals surface area contributed by atoms with Crippen LogP contribution >= 0.6 is 0 Å². The van der Waals surface area contributed by atoms with Crippen LogP contribution in [0.1, 0.15) is 36.8 Å². The number of halogens is 3. The third-order valence-corrected chi connectivity index (χ3v) is 6.03. The second-order valence-electron chi connectivity index (χ2n) is 7.96. The summed E-state index contributed by atoms with van der Waals surface area (Å²) in [6, 6.07) is 12.5. The Morgan fingerprint density at radius 2 is 1.87 bits per heavy atom. The Morgan fingerprint density at radius 1 is 1.13 bits per heavy atom. The molecule has 5 nitrogen and oxygen atoms in total. The van der Waals surface area contributed by atoms with E-state index in [-0.39, 0.29) is 18.5 Å². The molecule has 1 atom stereocenters. The Balaban J connectivity index is 1.46. The average Bonchev–Trinajstić information content (AvgIpc) is 3.28. The van der Waals surface area contributed by atoms with Crippen LogP contribution in [0.5, 0.6) is 0 Å². The number of anilines is 1. The normalized spacial score (nSPS) is 16.4. The lowest BCUT2D eigenvalue weighted by Gasteiger charge is -2.44. The predicted molar refractivity (Wildman–Crippen MR) is 112 cm³/mol. The van der Waals surface area contributed by atoms with Crippen LogP contribution in [-0.4, -0.2) is 17.6 Å². The Hall–Kier alpha value is -3.16. The van der Waals surface area contributed by atoms with E-state index in [9.17, 15) is 18.1 Å². The summed E-state index contributed by atoms with van der Waals surface area (Å²) in [5.74, 6) is 0.647. The molecule has 8 heteroatoms. The van der Waals surface area contributed by atoms with E-state index in [1.807, 2.05) is 24.3 Å². The van der Waals surface area contributed by atoms with Gasteiger partial charge in [-0.25, -0.2) is 4.98 Å². The number of aromatic nitrogens is 1. The number of nitrogens with zero attached hydrogens (tertiary/aromatic N) is 2. The predicted octanol–water partition coefficient (Wildman–Crippen LogP) is 6.42. The summed E-state index contributed by atoms with van der Waals surface area (Å²) >= 11 is 0. The van der Waals surface area contributed by atoms with Gasteiger partial charge in [-0.3, -0.25) is 0 Å². The van der Waals surface area contributed by atoms with Gasteiger partial charge in [0, 0.05) is 17.8 Å². The second kappa shape index (κ2) is 8.53. The zero-order valence-electron chi connectivity index (χ0n) is 16.7. The van der Waals surface area contributed by atoms with Crippen molar-refractivity contribution in [2.45, 2.75) is 43.3 Å². The standard InChI is InChI=1S/C23H22F3N3O2/c24-23(25,26)20-5-2-1-4-19(20)22(10-3-11-22)12-18(29-30)13-28-17-8-6-16(7-9-17)21-14-27-15-31-21/h1-2,4-9,14-15,18,28H,3,10-13H2. The fraction of sp³-hybridized carbons (Fsp3) is 0.348. The first-order valence-corrected chi connectivity index (χ1v) is 10.1. The molecule has 4 rings (SSSR count). The lowest BCUT2D eigenvalue weighted by molar-refractivity contribution is -0.139. The zero-order valence-corrected chi connectivity index (χ0v) is 16.7. The summed E-state index contributed by atoms with van der Waals surface area (Å²) in [6.45, 7) is 0.251. The summed E-state index contributed by atoms with van der Waals surface area (Å²) in [6.07, 6.45) is 0.921. The minimum atomic E-state index is -4.42. The van der Waals surface area contributed by atoms with E-state index in [1.165, 1.54) is 12.5 Å². The van der Waals surface area contributed by atoms with Crippen molar-refractivity contribution in [3.63, 3.8) is 0 Å². The second-order valence-corrected chi connectivity index (χ2v) is 7.96. The summed E-state index contributed by atoms with van der Waals surface area (Å²) in [5, 5.41) is 6.40. The molecule has 0 spiro atoms. The zero-order chi connectivity index (χ0) is 21.9. The molecular weight excluding hydrogens is 407 g/mol. The number of alkyl halides is 3. The average molecular weight is 429 g/mol. The molecule has 1 heterocycles. The van der Waals surface area contributed by atoms with Gasteiger partial charge in [0.2, 0.25) is 0 Å². The SMILES string of the molecule is O=NC(CNc1ccc(-c2cnco2)cc1)CC1(c2ccccc2C(F)(F)F)CCC1. The number of oxazole rings is 1. The van der Waals surface area contributed by atoms with E-state index < -0.39 is 23.2 Å². The van der Waals surface area contributed by atoms with Gasteiger partial charge in [-0.2, -0.15) is 18.1 Å². The lowest BCUT2D eigenvalue weighted by Crippen LogP contribution is -2.40. The molecular formula is C23H22F3N3O2.